The van der Waals surface area contributed by atoms with Crippen molar-refractivity contribution in [1.82, 2.24) is 10.3 Å². The van der Waals surface area contributed by atoms with Crippen LogP contribution in [0.1, 0.15) is 41.4 Å². The Morgan fingerprint density at radius 1 is 1.17 bits per heavy atom. The van der Waals surface area contributed by atoms with Gasteiger partial charge >= 0.3 is 0 Å². The summed E-state index contributed by atoms with van der Waals surface area (Å²) in [5, 5.41) is 2.92. The molecular weight excluding hydrogens is 298 g/mol. The van der Waals surface area contributed by atoms with E-state index in [9.17, 15) is 4.79 Å². The third-order valence-electron chi connectivity index (χ3n) is 4.70. The smallest absolute Gasteiger partial charge is 0.270 e. The maximum atomic E-state index is 12.2. The van der Waals surface area contributed by atoms with Crippen molar-refractivity contribution in [1.29, 1.82) is 0 Å². The molecule has 1 aromatic heterocycles. The summed E-state index contributed by atoms with van der Waals surface area (Å²) in [5.41, 5.74) is 3.88. The Hall–Kier alpha value is -2.36. The highest BCUT2D eigenvalue weighted by atomic mass is 16.1. The summed E-state index contributed by atoms with van der Waals surface area (Å²) in [7, 11) is 0. The minimum atomic E-state index is -0.130. The molecule has 1 aliphatic heterocycles. The molecule has 0 unspecified atom stereocenters. The molecule has 1 aromatic carbocycles. The van der Waals surface area contributed by atoms with Gasteiger partial charge in [-0.25, -0.2) is 4.98 Å². The number of carbonyl (C=O) groups excluding carboxylic acids is 1. The maximum absolute atomic E-state index is 12.2. The minimum absolute atomic E-state index is 0.130. The second-order valence-electron chi connectivity index (χ2n) is 6.74. The number of piperidine rings is 1. The van der Waals surface area contributed by atoms with Crippen LogP contribution in [0.25, 0.3) is 0 Å². The fourth-order valence-electron chi connectivity index (χ4n) is 2.95. The monoisotopic (exact) mass is 323 g/mol. The van der Waals surface area contributed by atoms with E-state index in [4.69, 9.17) is 0 Å². The van der Waals surface area contributed by atoms with Gasteiger partial charge in [-0.1, -0.05) is 36.8 Å². The number of hydrogen-bond acceptors (Lipinski definition) is 3. The van der Waals surface area contributed by atoms with Crippen molar-refractivity contribution in [2.45, 2.75) is 33.2 Å². The number of nitrogens with one attached hydrogen (secondary N) is 1. The van der Waals surface area contributed by atoms with Gasteiger partial charge in [0.05, 0.1) is 11.9 Å². The summed E-state index contributed by atoms with van der Waals surface area (Å²) in [6.45, 7) is 7.02. The van der Waals surface area contributed by atoms with Crippen molar-refractivity contribution >= 4 is 11.6 Å². The first kappa shape index (κ1) is 16.5. The fraction of sp³-hybridized carbons (Fsp3) is 0.400. The number of rotatable bonds is 4. The molecule has 1 fully saturated rings. The Bertz CT molecular complexity index is 671. The van der Waals surface area contributed by atoms with Gasteiger partial charge in [0, 0.05) is 19.6 Å². The number of hydrogen-bond donors (Lipinski definition) is 1. The molecule has 0 spiro atoms. The molecule has 4 nitrogen and oxygen atoms in total. The predicted molar refractivity (Wildman–Crippen MR) is 97.2 cm³/mol. The quantitative estimate of drug-likeness (QED) is 0.936. The van der Waals surface area contributed by atoms with Crippen molar-refractivity contribution in [3.63, 3.8) is 0 Å². The summed E-state index contributed by atoms with van der Waals surface area (Å²) in [6, 6.07) is 12.0. The lowest BCUT2D eigenvalue weighted by atomic mass is 9.99. The van der Waals surface area contributed by atoms with Gasteiger partial charge in [0.1, 0.15) is 5.69 Å². The number of pyridine rings is 1. The summed E-state index contributed by atoms with van der Waals surface area (Å²) < 4.78 is 0. The third-order valence-corrected chi connectivity index (χ3v) is 4.70. The van der Waals surface area contributed by atoms with E-state index < -0.39 is 0 Å². The van der Waals surface area contributed by atoms with Crippen LogP contribution >= 0.6 is 0 Å². The van der Waals surface area contributed by atoms with Crippen molar-refractivity contribution in [3.8, 4) is 0 Å². The topological polar surface area (TPSA) is 45.2 Å². The Morgan fingerprint density at radius 3 is 2.50 bits per heavy atom. The molecule has 0 radical (unpaired) electrons. The number of nitrogens with zero attached hydrogens (tertiary/aromatic N) is 2. The molecule has 24 heavy (non-hydrogen) atoms. The van der Waals surface area contributed by atoms with Crippen LogP contribution in [-0.2, 0) is 6.54 Å². The Morgan fingerprint density at radius 2 is 1.88 bits per heavy atom. The van der Waals surface area contributed by atoms with Gasteiger partial charge in [0.25, 0.3) is 5.91 Å². The van der Waals surface area contributed by atoms with E-state index >= 15 is 0 Å². The highest BCUT2D eigenvalue weighted by Crippen LogP contribution is 2.22. The van der Waals surface area contributed by atoms with Gasteiger partial charge < -0.3 is 10.2 Å². The fourth-order valence-corrected chi connectivity index (χ4v) is 2.95. The largest absolute Gasteiger partial charge is 0.370 e. The highest BCUT2D eigenvalue weighted by molar-refractivity contribution is 5.92. The Kier molecular flexibility index (Phi) is 5.14. The molecule has 3 rings (SSSR count). The first-order valence-corrected chi connectivity index (χ1v) is 8.66. The summed E-state index contributed by atoms with van der Waals surface area (Å²) in [4.78, 5) is 18.9. The summed E-state index contributed by atoms with van der Waals surface area (Å²) in [6.07, 6.45) is 4.26. The molecule has 126 valence electrons. The van der Waals surface area contributed by atoms with E-state index in [0.29, 0.717) is 12.2 Å². The van der Waals surface area contributed by atoms with E-state index in [2.05, 4.69) is 29.0 Å². The molecule has 1 amide bonds. The van der Waals surface area contributed by atoms with Crippen molar-refractivity contribution in [2.75, 3.05) is 18.0 Å². The number of anilines is 1. The van der Waals surface area contributed by atoms with Gasteiger partial charge in [-0.2, -0.15) is 0 Å². The van der Waals surface area contributed by atoms with Gasteiger partial charge in [-0.15, -0.1) is 0 Å². The molecule has 2 aromatic rings. The lowest BCUT2D eigenvalue weighted by molar-refractivity contribution is 0.0946. The van der Waals surface area contributed by atoms with Crippen LogP contribution in [0.3, 0.4) is 0 Å². The molecule has 4 heteroatoms. The average Bonchev–Trinajstić information content (AvgIpc) is 2.62. The average molecular weight is 323 g/mol. The van der Waals surface area contributed by atoms with E-state index in [-0.39, 0.29) is 5.91 Å². The lowest BCUT2D eigenvalue weighted by Gasteiger charge is -2.31. The van der Waals surface area contributed by atoms with Crippen molar-refractivity contribution in [3.05, 3.63) is 59.4 Å². The van der Waals surface area contributed by atoms with Crippen LogP contribution in [-0.4, -0.2) is 24.0 Å². The zero-order valence-corrected chi connectivity index (χ0v) is 14.5. The Balaban J connectivity index is 1.56. The van der Waals surface area contributed by atoms with Crippen LogP contribution in [0, 0.1) is 12.8 Å². The van der Waals surface area contributed by atoms with Gasteiger partial charge in [-0.3, -0.25) is 4.79 Å². The molecule has 0 bridgehead atoms. The van der Waals surface area contributed by atoms with Gasteiger partial charge in [0.15, 0.2) is 0 Å². The standard InChI is InChI=1S/C20H25N3O/c1-15-3-5-17(6-4-15)13-22-20(24)19-8-7-18(14-21-19)23-11-9-16(2)10-12-23/h3-8,14,16H,9-13H2,1-2H3,(H,22,24). The van der Waals surface area contributed by atoms with Crippen LogP contribution in [0.5, 0.6) is 0 Å². The number of benzene rings is 1. The number of carbonyl (C=O) groups is 1. The summed E-state index contributed by atoms with van der Waals surface area (Å²) in [5.74, 6) is 0.676. The second kappa shape index (κ2) is 7.47. The van der Waals surface area contributed by atoms with Crippen LogP contribution in [0.2, 0.25) is 0 Å². The zero-order valence-electron chi connectivity index (χ0n) is 14.5. The van der Waals surface area contributed by atoms with E-state index in [0.717, 1.165) is 30.3 Å². The third kappa shape index (κ3) is 4.13. The molecular formula is C20H25N3O. The SMILES string of the molecule is Cc1ccc(CNC(=O)c2ccc(N3CCC(C)CC3)cn2)cc1. The Labute approximate surface area is 143 Å². The van der Waals surface area contributed by atoms with E-state index in [1.165, 1.54) is 18.4 Å². The number of aryl methyl sites for hydroxylation is 1. The highest BCUT2D eigenvalue weighted by Gasteiger charge is 2.16. The first-order valence-electron chi connectivity index (χ1n) is 8.66. The van der Waals surface area contributed by atoms with E-state index in [1.807, 2.05) is 42.6 Å². The molecule has 0 atom stereocenters. The van der Waals surface area contributed by atoms with Gasteiger partial charge in [-0.05, 0) is 43.4 Å². The molecule has 1 N–H and O–H groups in total. The molecule has 0 saturated carbocycles. The summed E-state index contributed by atoms with van der Waals surface area (Å²) >= 11 is 0. The van der Waals surface area contributed by atoms with Crippen LogP contribution in [0.15, 0.2) is 42.6 Å². The number of aromatic nitrogens is 1. The normalized spacial score (nSPS) is 15.3. The molecule has 0 aliphatic carbocycles. The molecule has 2 heterocycles. The lowest BCUT2D eigenvalue weighted by Crippen LogP contribution is -2.33. The van der Waals surface area contributed by atoms with Gasteiger partial charge in [0.2, 0.25) is 0 Å². The van der Waals surface area contributed by atoms with Crippen LogP contribution < -0.4 is 10.2 Å². The van der Waals surface area contributed by atoms with Crippen LogP contribution in [0.4, 0.5) is 5.69 Å². The predicted octanol–water partition coefficient (Wildman–Crippen LogP) is 3.56. The van der Waals surface area contributed by atoms with Crippen molar-refractivity contribution < 1.29 is 4.79 Å². The molecule has 1 saturated heterocycles. The number of amides is 1. The van der Waals surface area contributed by atoms with Crippen molar-refractivity contribution in [2.24, 2.45) is 5.92 Å². The van der Waals surface area contributed by atoms with E-state index in [1.54, 1.807) is 0 Å². The molecule has 1 aliphatic rings. The minimum Gasteiger partial charge on any atom is -0.370 e. The first-order chi connectivity index (χ1) is 11.6. The maximum Gasteiger partial charge on any atom is 0.270 e. The zero-order chi connectivity index (χ0) is 16.9. The second-order valence-corrected chi connectivity index (χ2v) is 6.74.